The number of hydrogen-bond acceptors (Lipinski definition) is 3. The summed E-state index contributed by atoms with van der Waals surface area (Å²) in [6, 6.07) is 4.08. The monoisotopic (exact) mass is 267 g/mol. The number of benzene rings is 1. The van der Waals surface area contributed by atoms with Crippen LogP contribution in [0.25, 0.3) is 0 Å². The van der Waals surface area contributed by atoms with Gasteiger partial charge in [-0.15, -0.1) is 0 Å². The van der Waals surface area contributed by atoms with E-state index in [-0.39, 0.29) is 23.7 Å². The Bertz CT molecular complexity index is 523. The lowest BCUT2D eigenvalue weighted by molar-refractivity contribution is -0.127. The van der Waals surface area contributed by atoms with Crippen LogP contribution in [0.5, 0.6) is 0 Å². The number of halogens is 2. The van der Waals surface area contributed by atoms with Crippen LogP contribution in [0, 0.1) is 23.0 Å². The van der Waals surface area contributed by atoms with Crippen LogP contribution in [-0.2, 0) is 4.79 Å². The molecular weight excluding hydrogens is 252 g/mol. The van der Waals surface area contributed by atoms with Crippen molar-refractivity contribution in [3.05, 3.63) is 29.3 Å². The number of nitriles is 1. The van der Waals surface area contributed by atoms with Crippen LogP contribution in [0.15, 0.2) is 12.1 Å². The van der Waals surface area contributed by atoms with E-state index < -0.39 is 11.6 Å². The molecule has 0 aliphatic heterocycles. The van der Waals surface area contributed by atoms with Gasteiger partial charge in [-0.1, -0.05) is 0 Å². The normalized spacial score (nSPS) is 9.89. The highest BCUT2D eigenvalue weighted by molar-refractivity contribution is 5.81. The van der Waals surface area contributed by atoms with Crippen molar-refractivity contribution in [3.8, 4) is 6.07 Å². The summed E-state index contributed by atoms with van der Waals surface area (Å²) in [5.41, 5.74) is -0.370. The largest absolute Gasteiger partial charge is 0.360 e. The van der Waals surface area contributed by atoms with Gasteiger partial charge in [-0.2, -0.15) is 5.26 Å². The molecular formula is C13H15F2N3O. The first-order valence-electron chi connectivity index (χ1n) is 5.75. The standard InChI is InChI=1S/C13H15F2N3O/c1-4-18(8-11(19)17(2)3)10-6-5-9(7-16)12(14)13(10)15/h5-6H,4,8H2,1-3H3. The van der Waals surface area contributed by atoms with E-state index in [0.29, 0.717) is 6.54 Å². The minimum atomic E-state index is -1.18. The SMILES string of the molecule is CCN(CC(=O)N(C)C)c1ccc(C#N)c(F)c1F. The Morgan fingerprint density at radius 3 is 2.42 bits per heavy atom. The molecule has 0 spiro atoms. The third kappa shape index (κ3) is 3.19. The molecule has 0 heterocycles. The predicted octanol–water partition coefficient (Wildman–Crippen LogP) is 1.75. The summed E-state index contributed by atoms with van der Waals surface area (Å²) in [4.78, 5) is 14.4. The number of amides is 1. The molecule has 0 bridgehead atoms. The van der Waals surface area contributed by atoms with Gasteiger partial charge >= 0.3 is 0 Å². The van der Waals surface area contributed by atoms with Crippen molar-refractivity contribution >= 4 is 11.6 Å². The van der Waals surface area contributed by atoms with Crippen LogP contribution in [0.4, 0.5) is 14.5 Å². The first kappa shape index (κ1) is 14.9. The van der Waals surface area contributed by atoms with E-state index in [1.54, 1.807) is 27.1 Å². The van der Waals surface area contributed by atoms with E-state index in [4.69, 9.17) is 5.26 Å². The molecule has 1 aromatic carbocycles. The third-order valence-electron chi connectivity index (χ3n) is 2.73. The Kier molecular flexibility index (Phi) is 4.81. The van der Waals surface area contributed by atoms with Gasteiger partial charge in [0.25, 0.3) is 0 Å². The molecule has 0 saturated carbocycles. The quantitative estimate of drug-likeness (QED) is 0.835. The number of likely N-dealkylation sites (N-methyl/N-ethyl adjacent to an activating group) is 2. The van der Waals surface area contributed by atoms with Crippen LogP contribution >= 0.6 is 0 Å². The molecule has 4 nitrogen and oxygen atoms in total. The van der Waals surface area contributed by atoms with Crippen molar-refractivity contribution in [2.75, 3.05) is 32.1 Å². The Labute approximate surface area is 110 Å². The van der Waals surface area contributed by atoms with Gasteiger partial charge in [-0.3, -0.25) is 4.79 Å². The van der Waals surface area contributed by atoms with Gasteiger partial charge in [-0.05, 0) is 19.1 Å². The fourth-order valence-corrected chi connectivity index (χ4v) is 1.54. The number of carbonyl (C=O) groups excluding carboxylic acids is 1. The van der Waals surface area contributed by atoms with Crippen LogP contribution < -0.4 is 4.90 Å². The molecule has 0 radical (unpaired) electrons. The van der Waals surface area contributed by atoms with E-state index in [2.05, 4.69) is 0 Å². The average Bonchev–Trinajstić information content (AvgIpc) is 2.39. The Morgan fingerprint density at radius 1 is 1.32 bits per heavy atom. The predicted molar refractivity (Wildman–Crippen MR) is 67.7 cm³/mol. The van der Waals surface area contributed by atoms with Crippen molar-refractivity contribution < 1.29 is 13.6 Å². The number of carbonyl (C=O) groups is 1. The first-order valence-corrected chi connectivity index (χ1v) is 5.75. The van der Waals surface area contributed by atoms with Crippen LogP contribution in [-0.4, -0.2) is 38.0 Å². The second-order valence-electron chi connectivity index (χ2n) is 4.17. The summed E-state index contributed by atoms with van der Waals surface area (Å²) < 4.78 is 27.4. The highest BCUT2D eigenvalue weighted by atomic mass is 19.2. The fraction of sp³-hybridized carbons (Fsp3) is 0.385. The van der Waals surface area contributed by atoms with Gasteiger partial charge in [0.05, 0.1) is 17.8 Å². The summed E-state index contributed by atoms with van der Waals surface area (Å²) >= 11 is 0. The molecule has 0 fully saturated rings. The van der Waals surface area contributed by atoms with Gasteiger partial charge in [0.1, 0.15) is 6.07 Å². The molecule has 1 aromatic rings. The molecule has 6 heteroatoms. The van der Waals surface area contributed by atoms with E-state index in [1.807, 2.05) is 0 Å². The lowest BCUT2D eigenvalue weighted by atomic mass is 10.2. The third-order valence-corrected chi connectivity index (χ3v) is 2.73. The zero-order valence-electron chi connectivity index (χ0n) is 11.1. The molecule has 0 aliphatic rings. The Hall–Kier alpha value is -2.16. The van der Waals surface area contributed by atoms with E-state index in [9.17, 15) is 13.6 Å². The molecule has 0 aromatic heterocycles. The van der Waals surface area contributed by atoms with E-state index in [0.717, 1.165) is 0 Å². The maximum absolute atomic E-state index is 13.8. The molecule has 0 N–H and O–H groups in total. The van der Waals surface area contributed by atoms with E-state index in [1.165, 1.54) is 21.9 Å². The zero-order chi connectivity index (χ0) is 14.6. The van der Waals surface area contributed by atoms with Gasteiger partial charge < -0.3 is 9.80 Å². The minimum absolute atomic E-state index is 0.0193. The van der Waals surface area contributed by atoms with Gasteiger partial charge in [0, 0.05) is 20.6 Å². The van der Waals surface area contributed by atoms with E-state index >= 15 is 0 Å². The number of nitrogens with zero attached hydrogens (tertiary/aromatic N) is 3. The summed E-state index contributed by atoms with van der Waals surface area (Å²) in [6.07, 6.45) is 0. The molecule has 1 amide bonds. The van der Waals surface area contributed by atoms with Gasteiger partial charge in [-0.25, -0.2) is 8.78 Å². The van der Waals surface area contributed by atoms with Gasteiger partial charge in [0.15, 0.2) is 11.6 Å². The lowest BCUT2D eigenvalue weighted by Gasteiger charge is -2.24. The summed E-state index contributed by atoms with van der Waals surface area (Å²) in [6.45, 7) is 2.03. The van der Waals surface area contributed by atoms with Crippen molar-refractivity contribution in [2.45, 2.75) is 6.92 Å². The Morgan fingerprint density at radius 2 is 1.95 bits per heavy atom. The highest BCUT2D eigenvalue weighted by Gasteiger charge is 2.19. The van der Waals surface area contributed by atoms with Crippen molar-refractivity contribution in [3.63, 3.8) is 0 Å². The van der Waals surface area contributed by atoms with Gasteiger partial charge in [0.2, 0.25) is 5.91 Å². The van der Waals surface area contributed by atoms with Crippen LogP contribution in [0.2, 0.25) is 0 Å². The van der Waals surface area contributed by atoms with Crippen molar-refractivity contribution in [1.29, 1.82) is 5.26 Å². The second-order valence-corrected chi connectivity index (χ2v) is 4.17. The molecule has 0 atom stereocenters. The van der Waals surface area contributed by atoms with Crippen LogP contribution in [0.1, 0.15) is 12.5 Å². The molecule has 1 rings (SSSR count). The summed E-state index contributed by atoms with van der Waals surface area (Å²) in [5, 5.41) is 8.62. The summed E-state index contributed by atoms with van der Waals surface area (Å²) in [5.74, 6) is -2.51. The first-order chi connectivity index (χ1) is 8.92. The second kappa shape index (κ2) is 6.14. The topological polar surface area (TPSA) is 47.3 Å². The maximum atomic E-state index is 13.8. The van der Waals surface area contributed by atoms with Crippen LogP contribution in [0.3, 0.4) is 0 Å². The fourth-order valence-electron chi connectivity index (χ4n) is 1.54. The number of anilines is 1. The van der Waals surface area contributed by atoms with Crippen molar-refractivity contribution in [2.24, 2.45) is 0 Å². The average molecular weight is 267 g/mol. The number of rotatable bonds is 4. The molecule has 0 saturated heterocycles. The lowest BCUT2D eigenvalue weighted by Crippen LogP contribution is -2.37. The Balaban J connectivity index is 3.10. The summed E-state index contributed by atoms with van der Waals surface area (Å²) in [7, 11) is 3.18. The van der Waals surface area contributed by atoms with Crippen molar-refractivity contribution in [1.82, 2.24) is 4.90 Å². The molecule has 0 unspecified atom stereocenters. The molecule has 19 heavy (non-hydrogen) atoms. The smallest absolute Gasteiger partial charge is 0.241 e. The maximum Gasteiger partial charge on any atom is 0.241 e. The zero-order valence-corrected chi connectivity index (χ0v) is 11.1. The molecule has 0 aliphatic carbocycles. The highest BCUT2D eigenvalue weighted by Crippen LogP contribution is 2.23. The minimum Gasteiger partial charge on any atom is -0.360 e. The molecule has 102 valence electrons. The number of hydrogen-bond donors (Lipinski definition) is 0.